The molecule has 0 bridgehead atoms. The molecule has 38 heavy (non-hydrogen) atoms. The first kappa shape index (κ1) is 24.3. The summed E-state index contributed by atoms with van der Waals surface area (Å²) in [5, 5.41) is 3.54. The fourth-order valence-electron chi connectivity index (χ4n) is 5.26. The summed E-state index contributed by atoms with van der Waals surface area (Å²) in [6.45, 7) is 3.95. The highest BCUT2D eigenvalue weighted by Gasteiger charge is 2.40. The predicted octanol–water partition coefficient (Wildman–Crippen LogP) is 6.88. The minimum absolute atomic E-state index is 0.0204. The summed E-state index contributed by atoms with van der Waals surface area (Å²) in [6, 6.07) is 25.2. The molecule has 0 radical (unpaired) electrons. The summed E-state index contributed by atoms with van der Waals surface area (Å²) < 4.78 is 2.15. The van der Waals surface area contributed by atoms with E-state index in [4.69, 9.17) is 11.6 Å². The Morgan fingerprint density at radius 1 is 0.947 bits per heavy atom. The molecule has 0 saturated heterocycles. The summed E-state index contributed by atoms with van der Waals surface area (Å²) in [7, 11) is 0. The number of hydrogen-bond donors (Lipinski definition) is 1. The maximum atomic E-state index is 14.2. The van der Waals surface area contributed by atoms with E-state index in [1.807, 2.05) is 66.6 Å². The van der Waals surface area contributed by atoms with Crippen molar-refractivity contribution in [1.29, 1.82) is 0 Å². The largest absolute Gasteiger partial charge is 0.322 e. The van der Waals surface area contributed by atoms with Gasteiger partial charge in [0.1, 0.15) is 12.6 Å². The van der Waals surface area contributed by atoms with E-state index in [1.54, 1.807) is 11.0 Å². The molecule has 1 saturated carbocycles. The Labute approximate surface area is 227 Å². The molecule has 3 amide bonds. The van der Waals surface area contributed by atoms with Gasteiger partial charge in [-0.25, -0.2) is 4.79 Å². The SMILES string of the molecule is Cc1cccc(C2c3cccn3-c3ccccc3N2C(=O)CN(C(=O)Nc2ccc(C)c(Cl)c2)C2CC2)c1. The van der Waals surface area contributed by atoms with Crippen LogP contribution in [-0.4, -0.2) is 34.0 Å². The summed E-state index contributed by atoms with van der Waals surface area (Å²) in [5.74, 6) is -0.125. The zero-order chi connectivity index (χ0) is 26.4. The number of nitrogens with one attached hydrogen (secondary N) is 1. The molecule has 6 nitrogen and oxygen atoms in total. The number of benzene rings is 3. The first-order valence-corrected chi connectivity index (χ1v) is 13.3. The molecular formula is C31H29ClN4O2. The summed E-state index contributed by atoms with van der Waals surface area (Å²) in [4.78, 5) is 31.2. The van der Waals surface area contributed by atoms with Crippen molar-refractivity contribution in [1.82, 2.24) is 9.47 Å². The van der Waals surface area contributed by atoms with Gasteiger partial charge in [-0.05, 0) is 74.2 Å². The monoisotopic (exact) mass is 524 g/mol. The summed E-state index contributed by atoms with van der Waals surface area (Å²) in [5.41, 5.74) is 6.50. The molecule has 0 spiro atoms. The number of aromatic nitrogens is 1. The lowest BCUT2D eigenvalue weighted by atomic mass is 9.96. The molecule has 4 aromatic rings. The molecule has 1 atom stereocenters. The van der Waals surface area contributed by atoms with Crippen molar-refractivity contribution < 1.29 is 9.59 Å². The predicted molar refractivity (Wildman–Crippen MR) is 151 cm³/mol. The van der Waals surface area contributed by atoms with Crippen molar-refractivity contribution in [2.45, 2.75) is 38.8 Å². The molecule has 1 unspecified atom stereocenters. The van der Waals surface area contributed by atoms with Gasteiger partial charge in [0.2, 0.25) is 5.91 Å². The molecule has 7 heteroatoms. The number of halogens is 1. The van der Waals surface area contributed by atoms with Crippen LogP contribution in [0, 0.1) is 13.8 Å². The Morgan fingerprint density at radius 2 is 1.74 bits per heavy atom. The average Bonchev–Trinajstić information content (AvgIpc) is 3.63. The van der Waals surface area contributed by atoms with E-state index in [0.29, 0.717) is 10.7 Å². The van der Waals surface area contributed by atoms with Crippen LogP contribution in [0.5, 0.6) is 0 Å². The zero-order valence-electron chi connectivity index (χ0n) is 21.4. The zero-order valence-corrected chi connectivity index (χ0v) is 22.2. The number of fused-ring (bicyclic) bond motifs is 3. The number of aryl methyl sites for hydroxylation is 2. The molecular weight excluding hydrogens is 496 g/mol. The van der Waals surface area contributed by atoms with Gasteiger partial charge in [-0.15, -0.1) is 0 Å². The number of amides is 3. The molecule has 1 fully saturated rings. The molecule has 1 aliphatic carbocycles. The van der Waals surface area contributed by atoms with Crippen LogP contribution in [0.2, 0.25) is 5.02 Å². The minimum atomic E-state index is -0.313. The maximum Gasteiger partial charge on any atom is 0.322 e. The van der Waals surface area contributed by atoms with Crippen molar-refractivity contribution in [2.24, 2.45) is 0 Å². The van der Waals surface area contributed by atoms with E-state index in [-0.39, 0.29) is 30.6 Å². The smallest absolute Gasteiger partial charge is 0.316 e. The average molecular weight is 525 g/mol. The first-order chi connectivity index (χ1) is 18.4. The fourth-order valence-corrected chi connectivity index (χ4v) is 5.44. The number of carbonyl (C=O) groups is 2. The second-order valence-corrected chi connectivity index (χ2v) is 10.5. The summed E-state index contributed by atoms with van der Waals surface area (Å²) in [6.07, 6.45) is 3.81. The van der Waals surface area contributed by atoms with Crippen molar-refractivity contribution in [3.63, 3.8) is 0 Å². The van der Waals surface area contributed by atoms with Gasteiger partial charge in [-0.1, -0.05) is 59.6 Å². The van der Waals surface area contributed by atoms with Crippen molar-refractivity contribution in [3.05, 3.63) is 112 Å². The number of anilines is 2. The van der Waals surface area contributed by atoms with Crippen LogP contribution >= 0.6 is 11.6 Å². The van der Waals surface area contributed by atoms with Crippen LogP contribution in [0.25, 0.3) is 5.69 Å². The third-order valence-corrected chi connectivity index (χ3v) is 7.73. The van der Waals surface area contributed by atoms with Gasteiger partial charge in [0.15, 0.2) is 0 Å². The number of carbonyl (C=O) groups excluding carboxylic acids is 2. The van der Waals surface area contributed by atoms with Gasteiger partial charge < -0.3 is 14.8 Å². The maximum absolute atomic E-state index is 14.2. The van der Waals surface area contributed by atoms with Crippen LogP contribution in [0.1, 0.15) is 41.3 Å². The van der Waals surface area contributed by atoms with Gasteiger partial charge in [0, 0.05) is 22.9 Å². The Morgan fingerprint density at radius 3 is 2.47 bits per heavy atom. The quantitative estimate of drug-likeness (QED) is 0.309. The highest BCUT2D eigenvalue weighted by atomic mass is 35.5. The van der Waals surface area contributed by atoms with Crippen LogP contribution in [0.15, 0.2) is 85.1 Å². The molecule has 1 aliphatic heterocycles. The van der Waals surface area contributed by atoms with Crippen molar-refractivity contribution >= 4 is 34.9 Å². The number of nitrogens with zero attached hydrogens (tertiary/aromatic N) is 3. The van der Waals surface area contributed by atoms with Crippen LogP contribution < -0.4 is 10.2 Å². The molecule has 3 aromatic carbocycles. The number of hydrogen-bond acceptors (Lipinski definition) is 2. The molecule has 2 aliphatic rings. The number of urea groups is 1. The second kappa shape index (κ2) is 9.69. The Kier molecular flexibility index (Phi) is 6.20. The second-order valence-electron chi connectivity index (χ2n) is 10.1. The highest BCUT2D eigenvalue weighted by Crippen LogP contribution is 2.42. The lowest BCUT2D eigenvalue weighted by Crippen LogP contribution is -2.48. The Hall–Kier alpha value is -4.03. The van der Waals surface area contributed by atoms with E-state index in [9.17, 15) is 9.59 Å². The van der Waals surface area contributed by atoms with Gasteiger partial charge in [-0.3, -0.25) is 9.69 Å². The lowest BCUT2D eigenvalue weighted by molar-refractivity contribution is -0.119. The molecule has 192 valence electrons. The van der Waals surface area contributed by atoms with Crippen LogP contribution in [-0.2, 0) is 4.79 Å². The third-order valence-electron chi connectivity index (χ3n) is 7.32. The topological polar surface area (TPSA) is 57.6 Å². The minimum Gasteiger partial charge on any atom is -0.316 e. The van der Waals surface area contributed by atoms with Crippen LogP contribution in [0.4, 0.5) is 16.2 Å². The van der Waals surface area contributed by atoms with E-state index in [2.05, 4.69) is 41.1 Å². The van der Waals surface area contributed by atoms with Gasteiger partial charge in [-0.2, -0.15) is 0 Å². The third kappa shape index (κ3) is 4.45. The van der Waals surface area contributed by atoms with E-state index >= 15 is 0 Å². The summed E-state index contributed by atoms with van der Waals surface area (Å²) >= 11 is 6.28. The highest BCUT2D eigenvalue weighted by molar-refractivity contribution is 6.31. The van der Waals surface area contributed by atoms with E-state index in [0.717, 1.165) is 46.6 Å². The standard InChI is InChI=1S/C31H29ClN4O2/c1-20-7-5-8-22(17-20)30-28-11-6-16-34(28)26-9-3-4-10-27(26)36(30)29(37)19-35(24-14-15-24)31(38)33-23-13-12-21(2)25(32)18-23/h3-13,16-18,24,30H,14-15,19H2,1-2H3,(H,33,38). The molecule has 2 heterocycles. The first-order valence-electron chi connectivity index (χ1n) is 12.9. The lowest BCUT2D eigenvalue weighted by Gasteiger charge is -2.39. The van der Waals surface area contributed by atoms with Crippen molar-refractivity contribution in [3.8, 4) is 5.69 Å². The van der Waals surface area contributed by atoms with E-state index < -0.39 is 0 Å². The van der Waals surface area contributed by atoms with Gasteiger partial charge in [0.25, 0.3) is 0 Å². The van der Waals surface area contributed by atoms with Gasteiger partial charge in [0.05, 0.1) is 17.1 Å². The normalized spacial score (nSPS) is 16.0. The van der Waals surface area contributed by atoms with Crippen molar-refractivity contribution in [2.75, 3.05) is 16.8 Å². The van der Waals surface area contributed by atoms with E-state index in [1.165, 1.54) is 0 Å². The van der Waals surface area contributed by atoms with Gasteiger partial charge >= 0.3 is 6.03 Å². The Bertz CT molecular complexity index is 1540. The number of rotatable bonds is 5. The Balaban J connectivity index is 1.35. The molecule has 6 rings (SSSR count). The van der Waals surface area contributed by atoms with Crippen LogP contribution in [0.3, 0.4) is 0 Å². The number of para-hydroxylation sites is 2. The molecule has 1 N–H and O–H groups in total. The fraction of sp³-hybridized carbons (Fsp3) is 0.226. The molecule has 1 aromatic heterocycles.